The summed E-state index contributed by atoms with van der Waals surface area (Å²) in [6.07, 6.45) is 5.99. The van der Waals surface area contributed by atoms with Crippen molar-refractivity contribution < 1.29 is 14.3 Å². The molecule has 3 rings (SSSR count). The van der Waals surface area contributed by atoms with E-state index in [2.05, 4.69) is 4.90 Å². The standard InChI is InChI=1S/C17H21N2O3/c1-22-14-7-4-13(5-8-14)6-9-17(20)19(21)16-10-12-18-11-2-3-15(16)18/h4-9,15-16H,2-3,10-12H2,1H3/q+1/t15-,16+/m0/s1. The van der Waals surface area contributed by atoms with E-state index in [9.17, 15) is 9.70 Å². The Bertz CT molecular complexity index is 594. The minimum absolute atomic E-state index is 0.185. The highest BCUT2D eigenvalue weighted by molar-refractivity contribution is 5.85. The average molecular weight is 301 g/mol. The minimum Gasteiger partial charge on any atom is -0.497 e. The quantitative estimate of drug-likeness (QED) is 0.632. The highest BCUT2D eigenvalue weighted by atomic mass is 16.5. The van der Waals surface area contributed by atoms with Crippen molar-refractivity contribution in [2.75, 3.05) is 20.2 Å². The second kappa shape index (κ2) is 6.40. The maximum Gasteiger partial charge on any atom is 0.458 e. The Morgan fingerprint density at radius 1 is 1.27 bits per heavy atom. The van der Waals surface area contributed by atoms with Gasteiger partial charge < -0.3 is 4.74 Å². The average Bonchev–Trinajstić information content (AvgIpc) is 3.15. The second-order valence-corrected chi connectivity index (χ2v) is 5.87. The van der Waals surface area contributed by atoms with E-state index in [4.69, 9.17) is 4.74 Å². The molecule has 5 heteroatoms. The molecule has 2 aliphatic rings. The number of methoxy groups -OCH3 is 1. The highest BCUT2D eigenvalue weighted by Crippen LogP contribution is 2.29. The number of hydrogen-bond donors (Lipinski definition) is 0. The van der Waals surface area contributed by atoms with Gasteiger partial charge >= 0.3 is 5.91 Å². The summed E-state index contributed by atoms with van der Waals surface area (Å²) in [6.45, 7) is 1.99. The Kier molecular flexibility index (Phi) is 4.34. The molecule has 2 atom stereocenters. The lowest BCUT2D eigenvalue weighted by atomic mass is 10.1. The van der Waals surface area contributed by atoms with Crippen molar-refractivity contribution in [1.29, 1.82) is 0 Å². The zero-order valence-electron chi connectivity index (χ0n) is 12.8. The maximum absolute atomic E-state index is 12.3. The molecule has 0 bridgehead atoms. The summed E-state index contributed by atoms with van der Waals surface area (Å²) in [5, 5.41) is 0. The van der Waals surface area contributed by atoms with Crippen LogP contribution in [-0.4, -0.2) is 47.9 Å². The number of nitroso groups, excluding NO2 is 1. The van der Waals surface area contributed by atoms with E-state index in [-0.39, 0.29) is 12.1 Å². The predicted octanol–water partition coefficient (Wildman–Crippen LogP) is 2.25. The van der Waals surface area contributed by atoms with Crippen LogP contribution >= 0.6 is 0 Å². The van der Waals surface area contributed by atoms with Crippen LogP contribution in [0, 0.1) is 4.91 Å². The monoisotopic (exact) mass is 301 g/mol. The molecule has 0 aliphatic carbocycles. The van der Waals surface area contributed by atoms with Gasteiger partial charge in [-0.25, -0.2) is 4.79 Å². The first-order valence-corrected chi connectivity index (χ1v) is 7.75. The first-order chi connectivity index (χ1) is 10.7. The molecule has 2 aliphatic heterocycles. The fraction of sp³-hybridized carbons (Fsp3) is 0.471. The van der Waals surface area contributed by atoms with Crippen LogP contribution in [0.2, 0.25) is 0 Å². The third-order valence-corrected chi connectivity index (χ3v) is 4.62. The van der Waals surface area contributed by atoms with Gasteiger partial charge in [0.25, 0.3) is 0 Å². The van der Waals surface area contributed by atoms with Crippen molar-refractivity contribution in [2.45, 2.75) is 31.3 Å². The fourth-order valence-corrected chi connectivity index (χ4v) is 3.45. The van der Waals surface area contributed by atoms with E-state index in [1.54, 1.807) is 13.2 Å². The fourth-order valence-electron chi connectivity index (χ4n) is 3.45. The molecule has 2 heterocycles. The van der Waals surface area contributed by atoms with Crippen molar-refractivity contribution in [3.63, 3.8) is 0 Å². The van der Waals surface area contributed by atoms with E-state index in [0.29, 0.717) is 4.76 Å². The van der Waals surface area contributed by atoms with Crippen LogP contribution in [-0.2, 0) is 4.79 Å². The van der Waals surface area contributed by atoms with Gasteiger partial charge in [0, 0.05) is 17.9 Å². The number of carbonyl (C=O) groups excluding carboxylic acids is 1. The van der Waals surface area contributed by atoms with Gasteiger partial charge in [0.15, 0.2) is 0 Å². The molecule has 0 radical (unpaired) electrons. The van der Waals surface area contributed by atoms with Crippen LogP contribution in [0.3, 0.4) is 0 Å². The van der Waals surface area contributed by atoms with E-state index < -0.39 is 5.91 Å². The zero-order chi connectivity index (χ0) is 15.5. The molecule has 1 aromatic carbocycles. The zero-order valence-corrected chi connectivity index (χ0v) is 12.8. The molecule has 0 saturated carbocycles. The highest BCUT2D eigenvalue weighted by Gasteiger charge is 2.48. The van der Waals surface area contributed by atoms with Crippen LogP contribution in [0.4, 0.5) is 0 Å². The number of carbonyl (C=O) groups is 1. The third-order valence-electron chi connectivity index (χ3n) is 4.62. The van der Waals surface area contributed by atoms with Gasteiger partial charge in [0.1, 0.15) is 5.75 Å². The summed E-state index contributed by atoms with van der Waals surface area (Å²) in [5.41, 5.74) is 0.872. The lowest BCUT2D eigenvalue weighted by Gasteiger charge is -2.13. The maximum atomic E-state index is 12.3. The number of benzene rings is 1. The first kappa shape index (κ1) is 14.9. The van der Waals surface area contributed by atoms with Gasteiger partial charge in [0.2, 0.25) is 6.04 Å². The van der Waals surface area contributed by atoms with Crippen LogP contribution < -0.4 is 4.74 Å². The Labute approximate surface area is 130 Å². The Balaban J connectivity index is 1.63. The summed E-state index contributed by atoms with van der Waals surface area (Å²) in [6, 6.07) is 7.43. The molecular formula is C17H21N2O3+. The van der Waals surface area contributed by atoms with Crippen molar-refractivity contribution in [3.05, 3.63) is 40.8 Å². The summed E-state index contributed by atoms with van der Waals surface area (Å²) < 4.78 is 5.76. The number of amides is 1. The Morgan fingerprint density at radius 3 is 2.77 bits per heavy atom. The largest absolute Gasteiger partial charge is 0.497 e. The SMILES string of the molecule is COc1ccc(C=CC(=O)[N+](=O)[C@@H]2CCN3CCC[C@@H]23)cc1. The topological polar surface area (TPSA) is 49.6 Å². The summed E-state index contributed by atoms with van der Waals surface area (Å²) >= 11 is 0. The number of fused-ring (bicyclic) bond motifs is 1. The molecule has 22 heavy (non-hydrogen) atoms. The minimum atomic E-state index is -0.463. The van der Waals surface area contributed by atoms with E-state index >= 15 is 0 Å². The van der Waals surface area contributed by atoms with Crippen LogP contribution in [0.5, 0.6) is 5.75 Å². The predicted molar refractivity (Wildman–Crippen MR) is 83.7 cm³/mol. The normalized spacial score (nSPS) is 24.6. The molecule has 1 amide bonds. The van der Waals surface area contributed by atoms with Crippen molar-refractivity contribution in [1.82, 2.24) is 4.90 Å². The van der Waals surface area contributed by atoms with E-state index in [1.165, 1.54) is 6.08 Å². The lowest BCUT2D eigenvalue weighted by Crippen LogP contribution is -2.38. The Morgan fingerprint density at radius 2 is 2.05 bits per heavy atom. The number of ether oxygens (including phenoxy) is 1. The molecule has 0 spiro atoms. The molecule has 116 valence electrons. The lowest BCUT2D eigenvalue weighted by molar-refractivity contribution is -0.505. The molecule has 2 saturated heterocycles. The first-order valence-electron chi connectivity index (χ1n) is 7.75. The smallest absolute Gasteiger partial charge is 0.458 e. The molecule has 2 fully saturated rings. The third kappa shape index (κ3) is 2.95. The van der Waals surface area contributed by atoms with Gasteiger partial charge in [0.05, 0.1) is 24.0 Å². The van der Waals surface area contributed by atoms with Crippen molar-refractivity contribution >= 4 is 12.0 Å². The molecule has 0 N–H and O–H groups in total. The van der Waals surface area contributed by atoms with E-state index in [0.717, 1.165) is 43.7 Å². The molecule has 0 unspecified atom stereocenters. The second-order valence-electron chi connectivity index (χ2n) is 5.87. The Hall–Kier alpha value is -2.01. The molecular weight excluding hydrogens is 280 g/mol. The van der Waals surface area contributed by atoms with Crippen molar-refractivity contribution in [2.24, 2.45) is 0 Å². The molecule has 5 nitrogen and oxygen atoms in total. The summed E-state index contributed by atoms with van der Waals surface area (Å²) in [7, 11) is 1.61. The van der Waals surface area contributed by atoms with E-state index in [1.807, 2.05) is 24.3 Å². The van der Waals surface area contributed by atoms with Gasteiger partial charge in [-0.15, -0.1) is 0 Å². The number of rotatable bonds is 4. The van der Waals surface area contributed by atoms with Gasteiger partial charge in [-0.3, -0.25) is 4.90 Å². The summed E-state index contributed by atoms with van der Waals surface area (Å²) in [5.74, 6) is 0.302. The number of hydrogen-bond acceptors (Lipinski definition) is 4. The van der Waals surface area contributed by atoms with Gasteiger partial charge in [-0.2, -0.15) is 0 Å². The van der Waals surface area contributed by atoms with Gasteiger partial charge in [-0.1, -0.05) is 12.1 Å². The van der Waals surface area contributed by atoms with Crippen LogP contribution in [0.1, 0.15) is 24.8 Å². The van der Waals surface area contributed by atoms with Crippen LogP contribution in [0.15, 0.2) is 30.3 Å². The summed E-state index contributed by atoms with van der Waals surface area (Å²) in [4.78, 5) is 26.7. The molecule has 1 aromatic rings. The van der Waals surface area contributed by atoms with Gasteiger partial charge in [-0.05, 0) is 43.2 Å². The van der Waals surface area contributed by atoms with Crippen LogP contribution in [0.25, 0.3) is 6.08 Å². The number of nitrogens with zero attached hydrogens (tertiary/aromatic N) is 2. The van der Waals surface area contributed by atoms with Crippen molar-refractivity contribution in [3.8, 4) is 5.75 Å². The molecule has 0 aromatic heterocycles.